The minimum atomic E-state index is -0.533. The highest BCUT2D eigenvalue weighted by Crippen LogP contribution is 2.22. The number of ether oxygens (including phenoxy) is 1. The van der Waals surface area contributed by atoms with Crippen molar-refractivity contribution in [2.24, 2.45) is 17.1 Å². The lowest BCUT2D eigenvalue weighted by atomic mass is 9.86. The van der Waals surface area contributed by atoms with E-state index in [1.807, 2.05) is 20.8 Å². The van der Waals surface area contributed by atoms with Crippen LogP contribution in [0.15, 0.2) is 24.3 Å². The third-order valence-corrected chi connectivity index (χ3v) is 4.17. The number of hydrogen-bond donors (Lipinski definition) is 2. The van der Waals surface area contributed by atoms with Gasteiger partial charge in [0.1, 0.15) is 0 Å². The van der Waals surface area contributed by atoms with E-state index in [4.69, 9.17) is 10.5 Å². The molecular weight excluding hydrogens is 292 g/mol. The second kappa shape index (κ2) is 7.23. The summed E-state index contributed by atoms with van der Waals surface area (Å²) in [5, 5.41) is 2.83. The number of anilines is 1. The van der Waals surface area contributed by atoms with Gasteiger partial charge in [-0.05, 0) is 43.0 Å². The molecule has 1 amide bonds. The van der Waals surface area contributed by atoms with Crippen LogP contribution in [0.1, 0.15) is 44.0 Å². The molecule has 1 saturated heterocycles. The van der Waals surface area contributed by atoms with Crippen molar-refractivity contribution in [3.8, 4) is 0 Å². The molecule has 2 rings (SSSR count). The Morgan fingerprint density at radius 1 is 1.17 bits per heavy atom. The van der Waals surface area contributed by atoms with Crippen LogP contribution in [0.5, 0.6) is 0 Å². The van der Waals surface area contributed by atoms with Crippen molar-refractivity contribution in [2.75, 3.05) is 18.5 Å². The number of ketones is 1. The molecule has 0 bridgehead atoms. The Morgan fingerprint density at radius 3 is 2.26 bits per heavy atom. The maximum absolute atomic E-state index is 12.2. The first kappa shape index (κ1) is 17.6. The van der Waals surface area contributed by atoms with Crippen molar-refractivity contribution in [3.63, 3.8) is 0 Å². The second-order valence-electron chi connectivity index (χ2n) is 7.12. The number of benzene rings is 1. The van der Waals surface area contributed by atoms with E-state index < -0.39 is 11.5 Å². The molecular formula is C18H26N2O3. The predicted octanol–water partition coefficient (Wildman–Crippen LogP) is 2.61. The molecule has 0 spiro atoms. The van der Waals surface area contributed by atoms with Gasteiger partial charge >= 0.3 is 0 Å². The molecule has 1 unspecified atom stereocenters. The van der Waals surface area contributed by atoms with Gasteiger partial charge in [0.05, 0.1) is 6.04 Å². The highest BCUT2D eigenvalue weighted by Gasteiger charge is 2.27. The highest BCUT2D eigenvalue weighted by atomic mass is 16.5. The maximum Gasteiger partial charge on any atom is 0.241 e. The average Bonchev–Trinajstić information content (AvgIpc) is 2.54. The highest BCUT2D eigenvalue weighted by molar-refractivity contribution is 6.00. The number of nitrogens with one attached hydrogen (secondary N) is 1. The van der Waals surface area contributed by atoms with Gasteiger partial charge in [0.15, 0.2) is 5.78 Å². The van der Waals surface area contributed by atoms with Gasteiger partial charge in [-0.3, -0.25) is 9.59 Å². The van der Waals surface area contributed by atoms with Crippen LogP contribution in [0, 0.1) is 11.3 Å². The molecule has 1 aliphatic heterocycles. The van der Waals surface area contributed by atoms with Crippen LogP contribution in [0.25, 0.3) is 0 Å². The molecule has 23 heavy (non-hydrogen) atoms. The van der Waals surface area contributed by atoms with Crippen LogP contribution >= 0.6 is 0 Å². The van der Waals surface area contributed by atoms with Crippen LogP contribution in [-0.2, 0) is 9.53 Å². The number of Topliss-reactive ketones (excluding diaryl/α,β-unsaturated/α-hetero) is 1. The summed E-state index contributed by atoms with van der Waals surface area (Å²) < 4.78 is 5.29. The molecule has 1 aromatic carbocycles. The molecule has 1 fully saturated rings. The minimum Gasteiger partial charge on any atom is -0.381 e. The summed E-state index contributed by atoms with van der Waals surface area (Å²) in [5.41, 5.74) is 6.93. The SMILES string of the molecule is CC(C)(C)C(=O)c1ccc(NC(=O)C(N)C2CCOCC2)cc1. The van der Waals surface area contributed by atoms with Crippen molar-refractivity contribution in [2.45, 2.75) is 39.7 Å². The zero-order valence-electron chi connectivity index (χ0n) is 14.1. The van der Waals surface area contributed by atoms with E-state index in [1.54, 1.807) is 24.3 Å². The van der Waals surface area contributed by atoms with Gasteiger partial charge < -0.3 is 15.8 Å². The van der Waals surface area contributed by atoms with E-state index in [-0.39, 0.29) is 17.6 Å². The van der Waals surface area contributed by atoms with Gasteiger partial charge in [0, 0.05) is 29.9 Å². The van der Waals surface area contributed by atoms with Crippen LogP contribution in [0.3, 0.4) is 0 Å². The van der Waals surface area contributed by atoms with E-state index in [1.165, 1.54) is 0 Å². The fraction of sp³-hybridized carbons (Fsp3) is 0.556. The number of carbonyl (C=O) groups is 2. The van der Waals surface area contributed by atoms with Gasteiger partial charge in [0.2, 0.25) is 5.91 Å². The lowest BCUT2D eigenvalue weighted by Gasteiger charge is -2.26. The third-order valence-electron chi connectivity index (χ3n) is 4.17. The smallest absolute Gasteiger partial charge is 0.241 e. The Kier molecular flexibility index (Phi) is 5.55. The monoisotopic (exact) mass is 318 g/mol. The molecule has 1 atom stereocenters. The van der Waals surface area contributed by atoms with Gasteiger partial charge in [-0.2, -0.15) is 0 Å². The summed E-state index contributed by atoms with van der Waals surface area (Å²) in [4.78, 5) is 24.4. The Hall–Kier alpha value is -1.72. The van der Waals surface area contributed by atoms with Crippen LogP contribution < -0.4 is 11.1 Å². The number of nitrogens with two attached hydrogens (primary N) is 1. The van der Waals surface area contributed by atoms with Crippen molar-refractivity contribution in [3.05, 3.63) is 29.8 Å². The first-order valence-electron chi connectivity index (χ1n) is 8.08. The zero-order chi connectivity index (χ0) is 17.0. The molecule has 0 radical (unpaired) electrons. The molecule has 0 aromatic heterocycles. The molecule has 1 aromatic rings. The zero-order valence-corrected chi connectivity index (χ0v) is 14.1. The summed E-state index contributed by atoms with van der Waals surface area (Å²) in [6.07, 6.45) is 1.63. The molecule has 1 aliphatic rings. The quantitative estimate of drug-likeness (QED) is 0.836. The fourth-order valence-corrected chi connectivity index (χ4v) is 2.65. The lowest BCUT2D eigenvalue weighted by molar-refractivity contribution is -0.119. The Morgan fingerprint density at radius 2 is 1.74 bits per heavy atom. The van der Waals surface area contributed by atoms with Gasteiger partial charge in [-0.25, -0.2) is 0 Å². The number of amides is 1. The average molecular weight is 318 g/mol. The first-order valence-corrected chi connectivity index (χ1v) is 8.08. The number of hydrogen-bond acceptors (Lipinski definition) is 4. The number of carbonyl (C=O) groups excluding carboxylic acids is 2. The fourth-order valence-electron chi connectivity index (χ4n) is 2.65. The topological polar surface area (TPSA) is 81.4 Å². The Bertz CT molecular complexity index is 555. The van der Waals surface area contributed by atoms with Crippen LogP contribution in [-0.4, -0.2) is 30.9 Å². The largest absolute Gasteiger partial charge is 0.381 e. The van der Waals surface area contributed by atoms with Crippen molar-refractivity contribution in [1.82, 2.24) is 0 Å². The predicted molar refractivity (Wildman–Crippen MR) is 90.4 cm³/mol. The second-order valence-corrected chi connectivity index (χ2v) is 7.12. The van der Waals surface area contributed by atoms with Gasteiger partial charge in [0.25, 0.3) is 0 Å². The van der Waals surface area contributed by atoms with E-state index in [0.717, 1.165) is 12.8 Å². The molecule has 5 heteroatoms. The first-order chi connectivity index (χ1) is 10.8. The Balaban J connectivity index is 1.97. The summed E-state index contributed by atoms with van der Waals surface area (Å²) in [6, 6.07) is 6.43. The van der Waals surface area contributed by atoms with Crippen LogP contribution in [0.2, 0.25) is 0 Å². The van der Waals surface area contributed by atoms with Crippen molar-refractivity contribution < 1.29 is 14.3 Å². The van der Waals surface area contributed by atoms with Gasteiger partial charge in [-0.1, -0.05) is 20.8 Å². The Labute approximate surface area is 137 Å². The summed E-state index contributed by atoms with van der Waals surface area (Å²) in [7, 11) is 0. The summed E-state index contributed by atoms with van der Waals surface area (Å²) in [5.74, 6) is 0.0478. The van der Waals surface area contributed by atoms with Crippen molar-refractivity contribution in [1.29, 1.82) is 0 Å². The van der Waals surface area contributed by atoms with Crippen molar-refractivity contribution >= 4 is 17.4 Å². The van der Waals surface area contributed by atoms with Crippen LogP contribution in [0.4, 0.5) is 5.69 Å². The van der Waals surface area contributed by atoms with Gasteiger partial charge in [-0.15, -0.1) is 0 Å². The molecule has 0 aliphatic carbocycles. The van der Waals surface area contributed by atoms with E-state index in [0.29, 0.717) is 24.5 Å². The molecule has 0 saturated carbocycles. The third kappa shape index (κ3) is 4.62. The normalized spacial score (nSPS) is 17.6. The maximum atomic E-state index is 12.2. The lowest BCUT2D eigenvalue weighted by Crippen LogP contribution is -2.44. The molecule has 126 valence electrons. The minimum absolute atomic E-state index is 0.0780. The summed E-state index contributed by atoms with van der Waals surface area (Å²) in [6.45, 7) is 6.98. The molecule has 5 nitrogen and oxygen atoms in total. The molecule has 3 N–H and O–H groups in total. The standard InChI is InChI=1S/C18H26N2O3/c1-18(2,3)16(21)13-4-6-14(7-5-13)20-17(22)15(19)12-8-10-23-11-9-12/h4-7,12,15H,8-11,19H2,1-3H3,(H,20,22). The van der Waals surface area contributed by atoms with E-state index >= 15 is 0 Å². The van der Waals surface area contributed by atoms with E-state index in [2.05, 4.69) is 5.32 Å². The molecule has 1 heterocycles. The number of rotatable bonds is 4. The summed E-state index contributed by atoms with van der Waals surface area (Å²) >= 11 is 0. The van der Waals surface area contributed by atoms with E-state index in [9.17, 15) is 9.59 Å².